The minimum atomic E-state index is -3.45. The summed E-state index contributed by atoms with van der Waals surface area (Å²) < 4.78 is 25.3. The first-order valence-electron chi connectivity index (χ1n) is 6.37. The molecule has 1 N–H and O–H groups in total. The quantitative estimate of drug-likeness (QED) is 0.903. The first-order chi connectivity index (χ1) is 8.82. The Labute approximate surface area is 113 Å². The van der Waals surface area contributed by atoms with E-state index in [-0.39, 0.29) is 22.3 Å². The van der Waals surface area contributed by atoms with E-state index in [0.29, 0.717) is 24.8 Å². The van der Waals surface area contributed by atoms with Crippen LogP contribution < -0.4 is 0 Å². The fraction of sp³-hybridized carbons (Fsp3) is 0.500. The fourth-order valence-electron chi connectivity index (χ4n) is 2.76. The van der Waals surface area contributed by atoms with E-state index in [4.69, 9.17) is 0 Å². The molecule has 1 saturated carbocycles. The highest BCUT2D eigenvalue weighted by Crippen LogP contribution is 2.33. The smallest absolute Gasteiger partial charge is 0.181 e. The van der Waals surface area contributed by atoms with Crippen LogP contribution in [0.2, 0.25) is 0 Å². The van der Waals surface area contributed by atoms with Crippen molar-refractivity contribution in [1.82, 2.24) is 0 Å². The van der Waals surface area contributed by atoms with Crippen LogP contribution in [0.5, 0.6) is 5.75 Å². The van der Waals surface area contributed by atoms with Crippen molar-refractivity contribution in [3.8, 4) is 5.75 Å². The topological polar surface area (TPSA) is 71.4 Å². The highest BCUT2D eigenvalue weighted by Gasteiger charge is 2.37. The predicted molar refractivity (Wildman–Crippen MR) is 71.8 cm³/mol. The molecule has 5 heteroatoms. The minimum Gasteiger partial charge on any atom is -0.508 e. The van der Waals surface area contributed by atoms with Crippen molar-refractivity contribution in [1.29, 1.82) is 0 Å². The number of hydrogen-bond donors (Lipinski definition) is 1. The summed E-state index contributed by atoms with van der Waals surface area (Å²) in [5, 5.41) is 8.85. The average Bonchev–Trinajstić information content (AvgIpc) is 2.27. The summed E-state index contributed by atoms with van der Waals surface area (Å²) in [5.41, 5.74) is 0.545. The molecule has 1 aliphatic rings. The molecule has 0 radical (unpaired) electrons. The second-order valence-electron chi connectivity index (χ2n) is 5.29. The zero-order valence-corrected chi connectivity index (χ0v) is 11.9. The molecule has 0 aliphatic heterocycles. The Kier molecular flexibility index (Phi) is 3.67. The second-order valence-corrected chi connectivity index (χ2v) is 7.43. The number of Topliss-reactive ketones (excluding diaryl/α,β-unsaturated/α-hetero) is 1. The molecule has 1 aliphatic carbocycles. The maximum absolute atomic E-state index is 12.6. The van der Waals surface area contributed by atoms with Gasteiger partial charge in [-0.2, -0.15) is 0 Å². The predicted octanol–water partition coefficient (Wildman–Crippen LogP) is 2.23. The van der Waals surface area contributed by atoms with Crippen LogP contribution >= 0.6 is 0 Å². The van der Waals surface area contributed by atoms with Gasteiger partial charge in [-0.15, -0.1) is 0 Å². The molecular weight excluding hydrogens is 264 g/mol. The van der Waals surface area contributed by atoms with Gasteiger partial charge in [0.05, 0.1) is 10.1 Å². The number of sulfone groups is 1. The first-order valence-corrected chi connectivity index (χ1v) is 7.92. The number of rotatable bonds is 2. The number of phenols is 1. The van der Waals surface area contributed by atoms with Crippen molar-refractivity contribution in [2.24, 2.45) is 5.92 Å². The van der Waals surface area contributed by atoms with Crippen molar-refractivity contribution in [2.45, 2.75) is 43.3 Å². The van der Waals surface area contributed by atoms with Gasteiger partial charge < -0.3 is 5.11 Å². The van der Waals surface area contributed by atoms with E-state index in [1.807, 2.05) is 6.92 Å². The summed E-state index contributed by atoms with van der Waals surface area (Å²) in [5.74, 6) is 0.0455. The maximum atomic E-state index is 12.6. The lowest BCUT2D eigenvalue weighted by Gasteiger charge is -2.28. The van der Waals surface area contributed by atoms with E-state index in [1.54, 1.807) is 6.92 Å². The van der Waals surface area contributed by atoms with Gasteiger partial charge in [0, 0.05) is 12.8 Å². The summed E-state index contributed by atoms with van der Waals surface area (Å²) >= 11 is 0. The van der Waals surface area contributed by atoms with Gasteiger partial charge in [0.25, 0.3) is 0 Å². The van der Waals surface area contributed by atoms with Gasteiger partial charge in [-0.25, -0.2) is 8.42 Å². The molecule has 104 valence electrons. The van der Waals surface area contributed by atoms with E-state index in [0.717, 1.165) is 0 Å². The van der Waals surface area contributed by atoms with Gasteiger partial charge in [0.2, 0.25) is 0 Å². The number of carbonyl (C=O) groups is 1. The van der Waals surface area contributed by atoms with Crippen LogP contribution in [-0.4, -0.2) is 24.6 Å². The number of ketones is 1. The molecule has 2 unspecified atom stereocenters. The molecular formula is C14H18O4S. The van der Waals surface area contributed by atoms with Crippen molar-refractivity contribution in [3.63, 3.8) is 0 Å². The summed E-state index contributed by atoms with van der Waals surface area (Å²) in [6.45, 7) is 3.49. The molecule has 0 spiro atoms. The normalized spacial score (nSPS) is 24.4. The third-order valence-corrected chi connectivity index (χ3v) is 6.32. The van der Waals surface area contributed by atoms with Crippen molar-refractivity contribution >= 4 is 15.6 Å². The summed E-state index contributed by atoms with van der Waals surface area (Å²) in [7, 11) is -3.45. The molecule has 0 saturated heterocycles. The first kappa shape index (κ1) is 14.1. The van der Waals surface area contributed by atoms with E-state index < -0.39 is 15.1 Å². The fourth-order valence-corrected chi connectivity index (χ4v) is 4.98. The number of phenolic OH excluding ortho intramolecular Hbond substituents is 1. The minimum absolute atomic E-state index is 0.0586. The molecule has 0 amide bonds. The van der Waals surface area contributed by atoms with Crippen molar-refractivity contribution in [2.75, 3.05) is 0 Å². The average molecular weight is 282 g/mol. The van der Waals surface area contributed by atoms with Gasteiger partial charge in [-0.05, 0) is 43.0 Å². The Morgan fingerprint density at radius 2 is 2.00 bits per heavy atom. The van der Waals surface area contributed by atoms with E-state index >= 15 is 0 Å². The molecule has 0 bridgehead atoms. The molecule has 2 rings (SSSR count). The summed E-state index contributed by atoms with van der Waals surface area (Å²) in [6.07, 6.45) is 1.06. The van der Waals surface area contributed by atoms with E-state index in [9.17, 15) is 18.3 Å². The number of aromatic hydroxyl groups is 1. The summed E-state index contributed by atoms with van der Waals surface area (Å²) in [4.78, 5) is 11.6. The lowest BCUT2D eigenvalue weighted by Crippen LogP contribution is -2.34. The van der Waals surface area contributed by atoms with Crippen LogP contribution in [-0.2, 0) is 14.6 Å². The number of aryl methyl sites for hydroxylation is 1. The van der Waals surface area contributed by atoms with Gasteiger partial charge in [0.15, 0.2) is 9.84 Å². The largest absolute Gasteiger partial charge is 0.508 e. The van der Waals surface area contributed by atoms with E-state index in [1.165, 1.54) is 18.2 Å². The Morgan fingerprint density at radius 3 is 2.58 bits per heavy atom. The molecule has 4 nitrogen and oxygen atoms in total. The van der Waals surface area contributed by atoms with Gasteiger partial charge in [0.1, 0.15) is 11.5 Å². The molecule has 0 aromatic heterocycles. The SMILES string of the molecule is Cc1cc(O)ccc1S(=O)(=O)C1CCC(=O)CC1C. The Morgan fingerprint density at radius 1 is 1.32 bits per heavy atom. The third-order valence-electron chi connectivity index (χ3n) is 3.76. The van der Waals surface area contributed by atoms with Crippen molar-refractivity contribution < 1.29 is 18.3 Å². The number of carbonyl (C=O) groups excluding carboxylic acids is 1. The molecule has 2 atom stereocenters. The van der Waals surface area contributed by atoms with Crippen molar-refractivity contribution in [3.05, 3.63) is 23.8 Å². The van der Waals surface area contributed by atoms with Crippen LogP contribution in [0.3, 0.4) is 0 Å². The van der Waals surface area contributed by atoms with Crippen LogP contribution in [0.25, 0.3) is 0 Å². The van der Waals surface area contributed by atoms with Gasteiger partial charge >= 0.3 is 0 Å². The van der Waals surface area contributed by atoms with Gasteiger partial charge in [-0.1, -0.05) is 6.92 Å². The molecule has 1 fully saturated rings. The molecule has 1 aromatic rings. The van der Waals surface area contributed by atoms with E-state index in [2.05, 4.69) is 0 Å². The highest BCUT2D eigenvalue weighted by atomic mass is 32.2. The Balaban J connectivity index is 2.39. The number of hydrogen-bond acceptors (Lipinski definition) is 4. The molecule has 19 heavy (non-hydrogen) atoms. The second kappa shape index (κ2) is 4.96. The zero-order chi connectivity index (χ0) is 14.2. The lowest BCUT2D eigenvalue weighted by molar-refractivity contribution is -0.121. The molecule has 1 aromatic carbocycles. The van der Waals surface area contributed by atoms with Crippen LogP contribution in [0.15, 0.2) is 23.1 Å². The number of benzene rings is 1. The third kappa shape index (κ3) is 2.66. The standard InChI is InChI=1S/C14H18O4S/c1-9-7-11(15)3-5-13(9)19(17,18)14-6-4-12(16)8-10(14)2/h3,5,7,10,14-15H,4,6,8H2,1-2H3. The monoisotopic (exact) mass is 282 g/mol. The molecule has 0 heterocycles. The summed E-state index contributed by atoms with van der Waals surface area (Å²) in [6, 6.07) is 4.28. The zero-order valence-electron chi connectivity index (χ0n) is 11.1. The lowest BCUT2D eigenvalue weighted by atomic mass is 9.89. The van der Waals surface area contributed by atoms with Crippen LogP contribution in [0.1, 0.15) is 31.7 Å². The highest BCUT2D eigenvalue weighted by molar-refractivity contribution is 7.92. The van der Waals surface area contributed by atoms with Crippen LogP contribution in [0, 0.1) is 12.8 Å². The van der Waals surface area contributed by atoms with Crippen LogP contribution in [0.4, 0.5) is 0 Å². The maximum Gasteiger partial charge on any atom is 0.181 e. The Hall–Kier alpha value is -1.36. The van der Waals surface area contributed by atoms with Gasteiger partial charge in [-0.3, -0.25) is 4.79 Å². The Bertz CT molecular complexity index is 604.